The number of ether oxygens (including phenoxy) is 1. The molecule has 4 bridgehead atoms. The van der Waals surface area contributed by atoms with Crippen molar-refractivity contribution in [1.82, 2.24) is 5.32 Å². The fraction of sp³-hybridized carbons (Fsp3) is 0.810. The van der Waals surface area contributed by atoms with E-state index in [0.717, 1.165) is 51.4 Å². The second kappa shape index (κ2) is 6.99. The van der Waals surface area contributed by atoms with E-state index in [1.165, 1.54) is 18.4 Å². The Balaban J connectivity index is 1.24. The van der Waals surface area contributed by atoms with Crippen molar-refractivity contribution < 1.29 is 19.4 Å². The van der Waals surface area contributed by atoms with Crippen molar-refractivity contribution >= 4 is 11.9 Å². The van der Waals surface area contributed by atoms with Crippen LogP contribution in [0.4, 0.5) is 0 Å². The molecule has 5 nitrogen and oxygen atoms in total. The number of amides is 1. The first-order valence-corrected chi connectivity index (χ1v) is 10.3. The molecule has 26 heavy (non-hydrogen) atoms. The zero-order valence-electron chi connectivity index (χ0n) is 15.6. The Morgan fingerprint density at radius 1 is 1.19 bits per heavy atom. The molecule has 1 amide bonds. The Hall–Kier alpha value is -1.36. The third-order valence-electron chi connectivity index (χ3n) is 6.95. The minimum atomic E-state index is -0.681. The van der Waals surface area contributed by atoms with Crippen LogP contribution < -0.4 is 5.32 Å². The van der Waals surface area contributed by atoms with Crippen molar-refractivity contribution in [1.29, 1.82) is 0 Å². The molecule has 4 saturated carbocycles. The molecular weight excluding hydrogens is 330 g/mol. The van der Waals surface area contributed by atoms with Gasteiger partial charge in [0.2, 0.25) is 0 Å². The molecule has 0 aromatic rings. The van der Waals surface area contributed by atoms with Crippen molar-refractivity contribution in [3.63, 3.8) is 0 Å². The monoisotopic (exact) mass is 361 g/mol. The van der Waals surface area contributed by atoms with Gasteiger partial charge < -0.3 is 15.2 Å². The van der Waals surface area contributed by atoms with Crippen molar-refractivity contribution in [2.24, 2.45) is 17.3 Å². The first-order chi connectivity index (χ1) is 12.5. The number of carbonyl (C=O) groups is 2. The highest BCUT2D eigenvalue weighted by Crippen LogP contribution is 2.61. The standard InChI is InChI=1S/C21H31NO4/c23-18(22-7-6-15-4-2-1-3-5-15)13-26-19(24)20-9-16-8-17(10-20)12-21(25,11-16)14-20/h4,16-17,25H,1-3,5-14H2,(H,22,23)/t16-,17-,20?,21?/m0/s1. The van der Waals surface area contributed by atoms with Crippen LogP contribution in [0.15, 0.2) is 11.6 Å². The number of esters is 1. The van der Waals surface area contributed by atoms with Gasteiger partial charge in [0.15, 0.2) is 6.61 Å². The molecule has 2 atom stereocenters. The van der Waals surface area contributed by atoms with Crippen LogP contribution in [-0.2, 0) is 14.3 Å². The smallest absolute Gasteiger partial charge is 0.312 e. The normalized spacial score (nSPS) is 38.0. The molecule has 2 N–H and O–H groups in total. The SMILES string of the molecule is O=C(COC(=O)C12C[C@@H]3C[C@H](CC(O)(C3)C1)C2)NCCC1=CCCCC1. The second-order valence-corrected chi connectivity index (χ2v) is 9.25. The predicted octanol–water partition coefficient (Wildman–Crippen LogP) is 2.87. The number of nitrogens with one attached hydrogen (secondary N) is 1. The molecule has 5 heteroatoms. The molecule has 0 spiro atoms. The molecule has 0 radical (unpaired) electrons. The lowest BCUT2D eigenvalue weighted by atomic mass is 9.48. The van der Waals surface area contributed by atoms with Crippen LogP contribution in [0.1, 0.15) is 70.6 Å². The van der Waals surface area contributed by atoms with Crippen LogP contribution in [0.3, 0.4) is 0 Å². The lowest BCUT2D eigenvalue weighted by Gasteiger charge is -2.58. The van der Waals surface area contributed by atoms with Gasteiger partial charge in [0, 0.05) is 6.54 Å². The Kier molecular flexibility index (Phi) is 4.84. The summed E-state index contributed by atoms with van der Waals surface area (Å²) >= 11 is 0. The average molecular weight is 361 g/mol. The molecule has 5 aliphatic carbocycles. The maximum Gasteiger partial charge on any atom is 0.312 e. The van der Waals surface area contributed by atoms with Crippen LogP contribution >= 0.6 is 0 Å². The molecule has 0 aromatic carbocycles. The van der Waals surface area contributed by atoms with Gasteiger partial charge in [-0.15, -0.1) is 0 Å². The van der Waals surface area contributed by atoms with Crippen LogP contribution in [-0.4, -0.2) is 35.7 Å². The number of allylic oxidation sites excluding steroid dienone is 1. The summed E-state index contributed by atoms with van der Waals surface area (Å²) < 4.78 is 5.40. The van der Waals surface area contributed by atoms with Crippen molar-refractivity contribution in [3.05, 3.63) is 11.6 Å². The van der Waals surface area contributed by atoms with Gasteiger partial charge in [-0.2, -0.15) is 0 Å². The molecule has 5 rings (SSSR count). The van der Waals surface area contributed by atoms with Crippen LogP contribution in [0, 0.1) is 17.3 Å². The maximum atomic E-state index is 12.7. The topological polar surface area (TPSA) is 75.6 Å². The van der Waals surface area contributed by atoms with Crippen molar-refractivity contribution in [2.75, 3.05) is 13.2 Å². The van der Waals surface area contributed by atoms with E-state index >= 15 is 0 Å². The summed E-state index contributed by atoms with van der Waals surface area (Å²) in [6, 6.07) is 0. The number of hydrogen-bond donors (Lipinski definition) is 2. The predicted molar refractivity (Wildman–Crippen MR) is 97.2 cm³/mol. The van der Waals surface area contributed by atoms with E-state index in [-0.39, 0.29) is 18.5 Å². The van der Waals surface area contributed by atoms with E-state index in [1.807, 2.05) is 0 Å². The highest BCUT2D eigenvalue weighted by molar-refractivity contribution is 5.83. The number of rotatable bonds is 6. The van der Waals surface area contributed by atoms with E-state index in [1.54, 1.807) is 0 Å². The Morgan fingerprint density at radius 2 is 1.96 bits per heavy atom. The summed E-state index contributed by atoms with van der Waals surface area (Å²) in [7, 11) is 0. The molecule has 144 valence electrons. The fourth-order valence-electron chi connectivity index (χ4n) is 6.28. The molecule has 5 aliphatic rings. The lowest BCUT2D eigenvalue weighted by molar-refractivity contribution is -0.196. The van der Waals surface area contributed by atoms with E-state index < -0.39 is 11.0 Å². The highest BCUT2D eigenvalue weighted by atomic mass is 16.5. The number of carbonyl (C=O) groups excluding carboxylic acids is 2. The zero-order chi connectivity index (χ0) is 18.2. The summed E-state index contributed by atoms with van der Waals surface area (Å²) in [6.07, 6.45) is 12.9. The third kappa shape index (κ3) is 3.68. The minimum absolute atomic E-state index is 0.201. The van der Waals surface area contributed by atoms with Gasteiger partial charge in [-0.25, -0.2) is 0 Å². The molecule has 0 aromatic heterocycles. The first-order valence-electron chi connectivity index (χ1n) is 10.3. The Morgan fingerprint density at radius 3 is 2.62 bits per heavy atom. The Bertz CT molecular complexity index is 597. The molecule has 0 saturated heterocycles. The molecule has 0 heterocycles. The molecule has 0 unspecified atom stereocenters. The highest BCUT2D eigenvalue weighted by Gasteiger charge is 2.60. The zero-order valence-corrected chi connectivity index (χ0v) is 15.6. The first kappa shape index (κ1) is 18.0. The summed E-state index contributed by atoms with van der Waals surface area (Å²) in [5.74, 6) is 0.381. The van der Waals surface area contributed by atoms with E-state index in [2.05, 4.69) is 11.4 Å². The summed E-state index contributed by atoms with van der Waals surface area (Å²) in [4.78, 5) is 24.8. The van der Waals surface area contributed by atoms with Gasteiger partial charge in [0.25, 0.3) is 5.91 Å². The fourth-order valence-corrected chi connectivity index (χ4v) is 6.28. The van der Waals surface area contributed by atoms with Gasteiger partial charge in [-0.05, 0) is 82.5 Å². The average Bonchev–Trinajstić information content (AvgIpc) is 2.58. The summed E-state index contributed by atoms with van der Waals surface area (Å²) in [5, 5.41) is 13.6. The second-order valence-electron chi connectivity index (χ2n) is 9.25. The van der Waals surface area contributed by atoms with Gasteiger partial charge in [0.1, 0.15) is 0 Å². The maximum absolute atomic E-state index is 12.7. The quantitative estimate of drug-likeness (QED) is 0.563. The van der Waals surface area contributed by atoms with Crippen molar-refractivity contribution in [2.45, 2.75) is 76.2 Å². The molecule has 4 fully saturated rings. The Labute approximate surface area is 155 Å². The third-order valence-corrected chi connectivity index (χ3v) is 6.95. The minimum Gasteiger partial charge on any atom is -0.455 e. The van der Waals surface area contributed by atoms with Crippen molar-refractivity contribution in [3.8, 4) is 0 Å². The van der Waals surface area contributed by atoms with E-state index in [4.69, 9.17) is 4.74 Å². The molecular formula is C21H31NO4. The van der Waals surface area contributed by atoms with Crippen LogP contribution in [0.25, 0.3) is 0 Å². The largest absolute Gasteiger partial charge is 0.455 e. The van der Waals surface area contributed by atoms with E-state index in [0.29, 0.717) is 24.8 Å². The molecule has 0 aliphatic heterocycles. The number of aliphatic hydroxyl groups is 1. The van der Waals surface area contributed by atoms with Gasteiger partial charge in [0.05, 0.1) is 11.0 Å². The lowest BCUT2D eigenvalue weighted by Crippen LogP contribution is -2.58. The van der Waals surface area contributed by atoms with Gasteiger partial charge >= 0.3 is 5.97 Å². The van der Waals surface area contributed by atoms with Crippen LogP contribution in [0.5, 0.6) is 0 Å². The number of hydrogen-bond acceptors (Lipinski definition) is 4. The van der Waals surface area contributed by atoms with E-state index in [9.17, 15) is 14.7 Å². The summed E-state index contributed by atoms with van der Waals surface area (Å²) in [6.45, 7) is 0.407. The summed E-state index contributed by atoms with van der Waals surface area (Å²) in [5.41, 5.74) is 0.195. The van der Waals surface area contributed by atoms with Gasteiger partial charge in [-0.3, -0.25) is 9.59 Å². The van der Waals surface area contributed by atoms with Gasteiger partial charge in [-0.1, -0.05) is 11.6 Å². The van der Waals surface area contributed by atoms with Crippen LogP contribution in [0.2, 0.25) is 0 Å².